The van der Waals surface area contributed by atoms with E-state index in [0.29, 0.717) is 12.1 Å². The van der Waals surface area contributed by atoms with Gasteiger partial charge in [-0.05, 0) is 75.9 Å². The van der Waals surface area contributed by atoms with E-state index >= 15 is 0 Å². The van der Waals surface area contributed by atoms with E-state index in [2.05, 4.69) is 36.3 Å². The molecule has 12 heteroatoms. The molecule has 0 bridgehead atoms. The molecular formula is C26H41F6N3O3. The summed E-state index contributed by atoms with van der Waals surface area (Å²) in [6, 6.07) is 0.951. The lowest BCUT2D eigenvalue weighted by atomic mass is 9.92. The Labute approximate surface area is 220 Å². The normalized spacial score (nSPS) is 18.3. The van der Waals surface area contributed by atoms with Crippen LogP contribution in [-0.4, -0.2) is 60.1 Å². The highest BCUT2D eigenvalue weighted by Gasteiger charge is 2.38. The van der Waals surface area contributed by atoms with Gasteiger partial charge in [0.2, 0.25) is 0 Å². The Bertz CT molecular complexity index is 813. The fraction of sp³-hybridized carbons (Fsp3) is 0.731. The van der Waals surface area contributed by atoms with Crippen LogP contribution in [0.4, 0.5) is 26.3 Å². The highest BCUT2D eigenvalue weighted by Crippen LogP contribution is 2.36. The van der Waals surface area contributed by atoms with Crippen molar-refractivity contribution in [3.05, 3.63) is 34.9 Å². The summed E-state index contributed by atoms with van der Waals surface area (Å²) in [4.78, 5) is 14.7. The van der Waals surface area contributed by atoms with Gasteiger partial charge in [0, 0.05) is 24.2 Å². The molecule has 2 fully saturated rings. The number of carbonyl (C=O) groups excluding carboxylic acids is 1. The maximum absolute atomic E-state index is 13.0. The van der Waals surface area contributed by atoms with Gasteiger partial charge in [-0.15, -0.1) is 0 Å². The molecule has 0 aromatic heterocycles. The molecule has 1 heterocycles. The van der Waals surface area contributed by atoms with E-state index in [4.69, 9.17) is 10.5 Å². The van der Waals surface area contributed by atoms with Gasteiger partial charge in [-0.1, -0.05) is 33.6 Å². The molecule has 0 spiro atoms. The molecule has 1 saturated heterocycles. The van der Waals surface area contributed by atoms with E-state index in [1.165, 1.54) is 12.8 Å². The van der Waals surface area contributed by atoms with Crippen molar-refractivity contribution in [3.8, 4) is 0 Å². The molecule has 3 rings (SSSR count). The zero-order valence-electron chi connectivity index (χ0n) is 22.5. The third-order valence-corrected chi connectivity index (χ3v) is 6.73. The van der Waals surface area contributed by atoms with Crippen molar-refractivity contribution >= 4 is 5.91 Å². The van der Waals surface area contributed by atoms with Crippen LogP contribution in [0.2, 0.25) is 0 Å². The molecule has 1 aromatic rings. The Kier molecular flexibility index (Phi) is 13.5. The van der Waals surface area contributed by atoms with Gasteiger partial charge in [0.1, 0.15) is 0 Å². The highest BCUT2D eigenvalue weighted by molar-refractivity contribution is 5.94. The number of hydrogen-bond donors (Lipinski definition) is 4. The summed E-state index contributed by atoms with van der Waals surface area (Å²) in [5.41, 5.74) is -3.46. The van der Waals surface area contributed by atoms with E-state index in [9.17, 15) is 31.1 Å². The topological polar surface area (TPSA) is 84.8 Å². The third kappa shape index (κ3) is 11.1. The number of rotatable bonds is 6. The molecular weight excluding hydrogens is 516 g/mol. The average molecular weight is 558 g/mol. The number of likely N-dealkylation sites (tertiary alicyclic amines) is 1. The number of nitrogens with zero attached hydrogens (tertiary/aromatic N) is 1. The summed E-state index contributed by atoms with van der Waals surface area (Å²) in [6.07, 6.45) is -3.59. The van der Waals surface area contributed by atoms with Gasteiger partial charge in [-0.3, -0.25) is 15.3 Å². The Hall–Kier alpha value is -1.89. The lowest BCUT2D eigenvalue weighted by Gasteiger charge is -2.39. The molecule has 0 unspecified atom stereocenters. The van der Waals surface area contributed by atoms with Crippen LogP contribution in [0.1, 0.15) is 80.8 Å². The lowest BCUT2D eigenvalue weighted by molar-refractivity contribution is -0.176. The molecule has 38 heavy (non-hydrogen) atoms. The molecule has 1 aliphatic carbocycles. The molecule has 220 valence electrons. The molecule has 1 aromatic carbocycles. The monoisotopic (exact) mass is 557 g/mol. The number of benzene rings is 1. The summed E-state index contributed by atoms with van der Waals surface area (Å²) >= 11 is 0. The van der Waals surface area contributed by atoms with Gasteiger partial charge in [0.15, 0.2) is 0 Å². The van der Waals surface area contributed by atoms with Crippen LogP contribution in [0.5, 0.6) is 0 Å². The molecule has 4 N–H and O–H groups in total. The zero-order valence-corrected chi connectivity index (χ0v) is 22.5. The Morgan fingerprint density at radius 2 is 1.42 bits per heavy atom. The Morgan fingerprint density at radius 3 is 1.82 bits per heavy atom. The van der Waals surface area contributed by atoms with Gasteiger partial charge >= 0.3 is 12.4 Å². The smallest absolute Gasteiger partial charge is 0.352 e. The van der Waals surface area contributed by atoms with Crippen LogP contribution >= 0.6 is 0 Å². The van der Waals surface area contributed by atoms with Crippen LogP contribution in [0.25, 0.3) is 0 Å². The maximum Gasteiger partial charge on any atom is 0.416 e. The van der Waals surface area contributed by atoms with E-state index in [1.54, 1.807) is 0 Å². The first-order chi connectivity index (χ1) is 17.6. The van der Waals surface area contributed by atoms with Crippen molar-refractivity contribution in [2.45, 2.75) is 77.2 Å². The number of amides is 1. The summed E-state index contributed by atoms with van der Waals surface area (Å²) in [5.74, 6) is 0.0429. The largest absolute Gasteiger partial charge is 0.416 e. The second kappa shape index (κ2) is 15.0. The van der Waals surface area contributed by atoms with E-state index in [-0.39, 0.29) is 24.1 Å². The van der Waals surface area contributed by atoms with Crippen LogP contribution in [0, 0.1) is 11.8 Å². The zero-order chi connectivity index (χ0) is 29.1. The summed E-state index contributed by atoms with van der Waals surface area (Å²) in [6.45, 7) is 9.39. The molecule has 1 aliphatic heterocycles. The van der Waals surface area contributed by atoms with Crippen LogP contribution in [-0.2, 0) is 12.4 Å². The quantitative estimate of drug-likeness (QED) is 0.185. The SMILES string of the molecule is CC(C)C.CNC1(CN2CCC(CNC(=O)c3cc(C(F)(F)F)cc(C(F)(F)F)c3)CC2)CCCC1.OO. The van der Waals surface area contributed by atoms with Crippen LogP contribution < -0.4 is 10.6 Å². The average Bonchev–Trinajstić information content (AvgIpc) is 3.32. The van der Waals surface area contributed by atoms with Crippen LogP contribution in [0.15, 0.2) is 18.2 Å². The maximum atomic E-state index is 13.0. The first-order valence-electron chi connectivity index (χ1n) is 12.8. The minimum atomic E-state index is -4.98. The van der Waals surface area contributed by atoms with Gasteiger partial charge in [-0.25, -0.2) is 0 Å². The van der Waals surface area contributed by atoms with Crippen LogP contribution in [0.3, 0.4) is 0 Å². The predicted molar refractivity (Wildman–Crippen MR) is 134 cm³/mol. The van der Waals surface area contributed by atoms with E-state index in [1.807, 2.05) is 7.05 Å². The number of nitrogens with one attached hydrogen (secondary N) is 2. The van der Waals surface area contributed by atoms with Crippen molar-refractivity contribution in [2.24, 2.45) is 11.8 Å². The number of likely N-dealkylation sites (N-methyl/N-ethyl adjacent to an activating group) is 1. The van der Waals surface area contributed by atoms with Crippen molar-refractivity contribution in [1.29, 1.82) is 0 Å². The molecule has 6 nitrogen and oxygen atoms in total. The Balaban J connectivity index is 0.00000110. The first-order valence-corrected chi connectivity index (χ1v) is 12.8. The lowest BCUT2D eigenvalue weighted by Crippen LogP contribution is -2.52. The fourth-order valence-corrected chi connectivity index (χ4v) is 4.74. The van der Waals surface area contributed by atoms with E-state index in [0.717, 1.165) is 51.2 Å². The number of hydrogen-bond acceptors (Lipinski definition) is 5. The summed E-state index contributed by atoms with van der Waals surface area (Å²) in [7, 11) is 1.99. The van der Waals surface area contributed by atoms with Crippen molar-refractivity contribution < 1.29 is 41.7 Å². The minimum Gasteiger partial charge on any atom is -0.352 e. The number of carbonyl (C=O) groups is 1. The number of alkyl halides is 6. The summed E-state index contributed by atoms with van der Waals surface area (Å²) < 4.78 is 78.0. The second-order valence-electron chi connectivity index (χ2n) is 10.7. The van der Waals surface area contributed by atoms with Crippen molar-refractivity contribution in [3.63, 3.8) is 0 Å². The van der Waals surface area contributed by atoms with Crippen molar-refractivity contribution in [2.75, 3.05) is 33.2 Å². The fourth-order valence-electron chi connectivity index (χ4n) is 4.74. The summed E-state index contributed by atoms with van der Waals surface area (Å²) in [5, 5.41) is 18.0. The van der Waals surface area contributed by atoms with E-state index < -0.39 is 35.0 Å². The number of halogens is 6. The standard InChI is InChI=1S/C22H29F6N3O.C4H10.H2O2/c1-29-20(6-2-3-7-20)14-31-8-4-15(5-9-31)13-30-19(32)16-10-17(21(23,24)25)12-18(11-16)22(26,27)28;1-4(2)3;1-2/h10-12,15,29H,2-9,13-14H2,1H3,(H,30,32);4H,1-3H3;1-2H. The highest BCUT2D eigenvalue weighted by atomic mass is 19.4. The molecule has 0 atom stereocenters. The van der Waals surface area contributed by atoms with Crippen molar-refractivity contribution in [1.82, 2.24) is 15.5 Å². The molecule has 1 saturated carbocycles. The molecule has 2 aliphatic rings. The first kappa shape index (κ1) is 34.1. The predicted octanol–water partition coefficient (Wildman–Crippen LogP) is 6.38. The Morgan fingerprint density at radius 1 is 0.974 bits per heavy atom. The minimum absolute atomic E-state index is 0.0226. The van der Waals surface area contributed by atoms with Gasteiger partial charge in [-0.2, -0.15) is 26.3 Å². The molecule has 0 radical (unpaired) electrons. The van der Waals surface area contributed by atoms with Gasteiger partial charge in [0.05, 0.1) is 11.1 Å². The third-order valence-electron chi connectivity index (χ3n) is 6.73. The number of piperidine rings is 1. The molecule has 1 amide bonds. The van der Waals surface area contributed by atoms with Gasteiger partial charge < -0.3 is 15.5 Å². The van der Waals surface area contributed by atoms with Gasteiger partial charge in [0.25, 0.3) is 5.91 Å². The second-order valence-corrected chi connectivity index (χ2v) is 10.7.